The normalized spacial score (nSPS) is 20.4. The minimum absolute atomic E-state index is 0.266. The molecule has 0 aliphatic carbocycles. The molecule has 0 bridgehead atoms. The molecule has 3 rings (SSSR count). The third-order valence-electron chi connectivity index (χ3n) is 4.10. The summed E-state index contributed by atoms with van der Waals surface area (Å²) >= 11 is 0. The van der Waals surface area contributed by atoms with Crippen LogP contribution in [-0.4, -0.2) is 25.8 Å². The Hall–Kier alpha value is -1.66. The summed E-state index contributed by atoms with van der Waals surface area (Å²) in [5.41, 5.74) is 0.573. The van der Waals surface area contributed by atoms with E-state index in [1.54, 1.807) is 12.1 Å². The molecule has 1 aromatic carbocycles. The maximum atomic E-state index is 12.7. The molecule has 1 aliphatic rings. The summed E-state index contributed by atoms with van der Waals surface area (Å²) in [7, 11) is -3.80. The average Bonchev–Trinajstić information content (AvgIpc) is 2.46. The Balaban J connectivity index is 2.10. The third-order valence-corrected chi connectivity index (χ3v) is 5.95. The first-order chi connectivity index (χ1) is 10.4. The Morgan fingerprint density at radius 2 is 2.05 bits per heavy atom. The second-order valence-corrected chi connectivity index (χ2v) is 7.96. The van der Waals surface area contributed by atoms with E-state index in [1.165, 1.54) is 10.4 Å². The van der Waals surface area contributed by atoms with Crippen LogP contribution in [0.25, 0.3) is 11.0 Å². The first-order valence-corrected chi connectivity index (χ1v) is 8.86. The summed E-state index contributed by atoms with van der Waals surface area (Å²) in [6, 6.07) is 6.79. The smallest absolute Gasteiger partial charge is 0.356 e. The van der Waals surface area contributed by atoms with E-state index < -0.39 is 15.6 Å². The largest absolute Gasteiger partial charge is 0.422 e. The number of rotatable bonds is 2. The van der Waals surface area contributed by atoms with Crippen molar-refractivity contribution in [2.75, 3.05) is 13.1 Å². The van der Waals surface area contributed by atoms with E-state index in [9.17, 15) is 13.2 Å². The summed E-state index contributed by atoms with van der Waals surface area (Å²) in [6.07, 6.45) is 1.83. The Morgan fingerprint density at radius 1 is 1.27 bits per heavy atom. The predicted octanol–water partition coefficient (Wildman–Crippen LogP) is 2.52. The highest BCUT2D eigenvalue weighted by molar-refractivity contribution is 7.89. The fourth-order valence-electron chi connectivity index (χ4n) is 2.88. The fourth-order valence-corrected chi connectivity index (χ4v) is 4.51. The number of fused-ring (bicyclic) bond motifs is 1. The van der Waals surface area contributed by atoms with Gasteiger partial charge in [-0.3, -0.25) is 0 Å². The van der Waals surface area contributed by atoms with E-state index in [4.69, 9.17) is 4.42 Å². The first-order valence-electron chi connectivity index (χ1n) is 7.42. The number of aryl methyl sites for hydroxylation is 1. The molecule has 1 aliphatic heterocycles. The van der Waals surface area contributed by atoms with Gasteiger partial charge >= 0.3 is 5.63 Å². The lowest BCUT2D eigenvalue weighted by molar-refractivity contribution is 0.280. The van der Waals surface area contributed by atoms with Crippen LogP contribution in [0, 0.1) is 12.8 Å². The van der Waals surface area contributed by atoms with Gasteiger partial charge in [0, 0.05) is 18.5 Å². The molecule has 2 heterocycles. The molecule has 0 spiro atoms. The zero-order chi connectivity index (χ0) is 15.9. The minimum atomic E-state index is -3.80. The second-order valence-electron chi connectivity index (χ2n) is 6.05. The van der Waals surface area contributed by atoms with Crippen LogP contribution < -0.4 is 5.63 Å². The Morgan fingerprint density at radius 3 is 2.77 bits per heavy atom. The molecule has 1 atom stereocenters. The monoisotopic (exact) mass is 321 g/mol. The van der Waals surface area contributed by atoms with Gasteiger partial charge in [0.05, 0.1) is 0 Å². The summed E-state index contributed by atoms with van der Waals surface area (Å²) in [5, 5.41) is 0.619. The molecule has 1 saturated heterocycles. The Labute approximate surface area is 129 Å². The van der Waals surface area contributed by atoms with Crippen LogP contribution in [0.5, 0.6) is 0 Å². The topological polar surface area (TPSA) is 67.6 Å². The lowest BCUT2D eigenvalue weighted by atomic mass is 10.0. The molecule has 0 amide bonds. The van der Waals surface area contributed by atoms with Gasteiger partial charge in [-0.05, 0) is 43.4 Å². The molecule has 1 unspecified atom stereocenters. The molecule has 6 heteroatoms. The van der Waals surface area contributed by atoms with E-state index >= 15 is 0 Å². The van der Waals surface area contributed by atoms with Crippen LogP contribution in [0.4, 0.5) is 0 Å². The first kappa shape index (κ1) is 15.2. The molecule has 0 N–H and O–H groups in total. The average molecular weight is 321 g/mol. The van der Waals surface area contributed by atoms with Crippen LogP contribution in [0.1, 0.15) is 25.3 Å². The fraction of sp³-hybridized carbons (Fsp3) is 0.438. The zero-order valence-electron chi connectivity index (χ0n) is 12.7. The van der Waals surface area contributed by atoms with Crippen molar-refractivity contribution >= 4 is 21.0 Å². The molecule has 2 aromatic rings. The number of benzene rings is 1. The van der Waals surface area contributed by atoms with Gasteiger partial charge in [-0.1, -0.05) is 19.1 Å². The van der Waals surface area contributed by atoms with Gasteiger partial charge in [0.2, 0.25) is 10.0 Å². The highest BCUT2D eigenvalue weighted by Crippen LogP contribution is 2.24. The van der Waals surface area contributed by atoms with Gasteiger partial charge in [-0.2, -0.15) is 4.31 Å². The molecule has 1 fully saturated rings. The molecule has 0 saturated carbocycles. The van der Waals surface area contributed by atoms with Crippen molar-refractivity contribution in [3.63, 3.8) is 0 Å². The maximum absolute atomic E-state index is 12.7. The third kappa shape index (κ3) is 2.68. The van der Waals surface area contributed by atoms with Crippen molar-refractivity contribution in [3.8, 4) is 0 Å². The van der Waals surface area contributed by atoms with Gasteiger partial charge in [-0.25, -0.2) is 13.2 Å². The zero-order valence-corrected chi connectivity index (χ0v) is 13.5. The van der Waals surface area contributed by atoms with E-state index in [2.05, 4.69) is 0 Å². The molecular formula is C16H19NO4S. The van der Waals surface area contributed by atoms with Crippen molar-refractivity contribution in [3.05, 3.63) is 40.2 Å². The van der Waals surface area contributed by atoms with Crippen molar-refractivity contribution < 1.29 is 12.8 Å². The van der Waals surface area contributed by atoms with Gasteiger partial charge in [-0.15, -0.1) is 0 Å². The van der Waals surface area contributed by atoms with Gasteiger partial charge in [0.15, 0.2) is 4.90 Å². The minimum Gasteiger partial charge on any atom is -0.422 e. The number of sulfonamides is 1. The molecular weight excluding hydrogens is 302 g/mol. The highest BCUT2D eigenvalue weighted by atomic mass is 32.2. The Kier molecular flexibility index (Phi) is 3.82. The van der Waals surface area contributed by atoms with Crippen LogP contribution in [0.2, 0.25) is 0 Å². The van der Waals surface area contributed by atoms with Crippen LogP contribution in [-0.2, 0) is 10.0 Å². The summed E-state index contributed by atoms with van der Waals surface area (Å²) in [5.74, 6) is 0.304. The van der Waals surface area contributed by atoms with Crippen molar-refractivity contribution in [2.45, 2.75) is 31.6 Å². The SMILES string of the molecule is Cc1ccc2cc(S(=O)(=O)N3CCCC(C)C3)c(=O)oc2c1. The van der Waals surface area contributed by atoms with Crippen molar-refractivity contribution in [2.24, 2.45) is 5.92 Å². The van der Waals surface area contributed by atoms with Crippen molar-refractivity contribution in [1.82, 2.24) is 4.31 Å². The van der Waals surface area contributed by atoms with E-state index in [1.807, 2.05) is 19.9 Å². The summed E-state index contributed by atoms with van der Waals surface area (Å²) in [4.78, 5) is 11.9. The van der Waals surface area contributed by atoms with Gasteiger partial charge in [0.1, 0.15) is 5.58 Å². The van der Waals surface area contributed by atoms with Crippen LogP contribution >= 0.6 is 0 Å². The number of hydrogen-bond donors (Lipinski definition) is 0. The second kappa shape index (κ2) is 5.52. The van der Waals surface area contributed by atoms with Gasteiger partial charge in [0.25, 0.3) is 0 Å². The van der Waals surface area contributed by atoms with Crippen LogP contribution in [0.3, 0.4) is 0 Å². The van der Waals surface area contributed by atoms with E-state index in [-0.39, 0.29) is 4.90 Å². The number of hydrogen-bond acceptors (Lipinski definition) is 4. The quantitative estimate of drug-likeness (QED) is 0.797. The molecule has 1 aromatic heterocycles. The van der Waals surface area contributed by atoms with E-state index in [0.29, 0.717) is 30.0 Å². The van der Waals surface area contributed by atoms with Crippen molar-refractivity contribution in [1.29, 1.82) is 0 Å². The standard InChI is InChI=1S/C16H19NO4S/c1-11-5-6-13-9-15(16(18)21-14(13)8-11)22(19,20)17-7-3-4-12(2)10-17/h5-6,8-9,12H,3-4,7,10H2,1-2H3. The Bertz CT molecular complexity index is 869. The lowest BCUT2D eigenvalue weighted by Gasteiger charge is -2.29. The number of nitrogens with zero attached hydrogens (tertiary/aromatic N) is 1. The maximum Gasteiger partial charge on any atom is 0.356 e. The molecule has 5 nitrogen and oxygen atoms in total. The van der Waals surface area contributed by atoms with Crippen LogP contribution in [0.15, 0.2) is 38.4 Å². The molecule has 0 radical (unpaired) electrons. The highest BCUT2D eigenvalue weighted by Gasteiger charge is 2.31. The number of piperidine rings is 1. The molecule has 118 valence electrons. The summed E-state index contributed by atoms with van der Waals surface area (Å²) < 4.78 is 32.1. The lowest BCUT2D eigenvalue weighted by Crippen LogP contribution is -2.40. The predicted molar refractivity (Wildman–Crippen MR) is 84.4 cm³/mol. The molecule has 22 heavy (non-hydrogen) atoms. The van der Waals surface area contributed by atoms with E-state index in [0.717, 1.165) is 18.4 Å². The van der Waals surface area contributed by atoms with Gasteiger partial charge < -0.3 is 4.42 Å². The summed E-state index contributed by atoms with van der Waals surface area (Å²) in [6.45, 7) is 4.82.